The number of rotatable bonds is 3. The molecule has 1 saturated heterocycles. The van der Waals surface area contributed by atoms with E-state index >= 15 is 0 Å². The van der Waals surface area contributed by atoms with Crippen molar-refractivity contribution in [3.8, 4) is 17.2 Å². The van der Waals surface area contributed by atoms with Gasteiger partial charge < -0.3 is 19.7 Å². The topological polar surface area (TPSA) is 109 Å². The number of aromatic nitrogens is 1. The molecule has 0 bridgehead atoms. The molecular formula is C22H16N2O6S. The Bertz CT molecular complexity index is 1200. The van der Waals surface area contributed by atoms with E-state index in [1.165, 1.54) is 34.6 Å². The van der Waals surface area contributed by atoms with Crippen molar-refractivity contribution in [1.29, 1.82) is 0 Å². The van der Waals surface area contributed by atoms with E-state index in [2.05, 4.69) is 4.98 Å². The summed E-state index contributed by atoms with van der Waals surface area (Å²) in [6.07, 6.45) is 1.54. The molecule has 2 aliphatic rings. The zero-order valence-electron chi connectivity index (χ0n) is 16.0. The first-order valence-corrected chi connectivity index (χ1v) is 10.3. The molecule has 0 saturated carbocycles. The number of carbonyl (C=O) groups is 2. The van der Waals surface area contributed by atoms with Gasteiger partial charge in [0, 0.05) is 17.1 Å². The monoisotopic (exact) mass is 436 g/mol. The van der Waals surface area contributed by atoms with Gasteiger partial charge in [-0.05, 0) is 35.9 Å². The van der Waals surface area contributed by atoms with Crippen LogP contribution in [-0.2, 0) is 9.59 Å². The maximum absolute atomic E-state index is 13.0. The number of phenols is 1. The van der Waals surface area contributed by atoms with Gasteiger partial charge in [0.05, 0.1) is 11.6 Å². The van der Waals surface area contributed by atoms with Crippen molar-refractivity contribution in [1.82, 2.24) is 4.98 Å². The molecule has 1 atom stereocenters. The van der Waals surface area contributed by atoms with Crippen LogP contribution in [0.3, 0.4) is 0 Å². The minimum absolute atomic E-state index is 0.0433. The number of anilines is 1. The van der Waals surface area contributed by atoms with Gasteiger partial charge in [0.1, 0.15) is 24.7 Å². The lowest BCUT2D eigenvalue weighted by Gasteiger charge is -2.23. The molecule has 2 aromatic carbocycles. The van der Waals surface area contributed by atoms with Crippen LogP contribution < -0.4 is 14.4 Å². The van der Waals surface area contributed by atoms with Gasteiger partial charge in [0.25, 0.3) is 5.78 Å². The van der Waals surface area contributed by atoms with Crippen LogP contribution in [0.15, 0.2) is 59.6 Å². The van der Waals surface area contributed by atoms with Crippen molar-refractivity contribution in [3.05, 3.63) is 70.7 Å². The highest BCUT2D eigenvalue weighted by molar-refractivity contribution is 7.14. The van der Waals surface area contributed by atoms with E-state index in [0.717, 1.165) is 0 Å². The number of fused-ring (bicyclic) bond motifs is 1. The number of Topliss-reactive ketones (excluding diaryl/α,β-unsaturated/α-hetero) is 1. The average Bonchev–Trinajstić information content (AvgIpc) is 3.40. The van der Waals surface area contributed by atoms with Gasteiger partial charge in [0.15, 0.2) is 16.6 Å². The Balaban J connectivity index is 1.68. The summed E-state index contributed by atoms with van der Waals surface area (Å²) < 4.78 is 11.1. The molecule has 8 nitrogen and oxygen atoms in total. The number of aliphatic hydroxyl groups is 1. The number of amides is 1. The van der Waals surface area contributed by atoms with Gasteiger partial charge in [-0.1, -0.05) is 12.1 Å². The Morgan fingerprint density at radius 2 is 1.81 bits per heavy atom. The van der Waals surface area contributed by atoms with Crippen LogP contribution in [0.1, 0.15) is 17.2 Å². The first-order valence-electron chi connectivity index (χ1n) is 9.44. The van der Waals surface area contributed by atoms with Crippen LogP contribution in [0, 0.1) is 0 Å². The minimum Gasteiger partial charge on any atom is -0.508 e. The third kappa shape index (κ3) is 3.19. The summed E-state index contributed by atoms with van der Waals surface area (Å²) in [5.41, 5.74) is 0.805. The fraction of sp³-hybridized carbons (Fsp3) is 0.136. The molecule has 0 radical (unpaired) electrons. The van der Waals surface area contributed by atoms with Crippen molar-refractivity contribution in [2.75, 3.05) is 18.1 Å². The van der Waals surface area contributed by atoms with Crippen LogP contribution in [-0.4, -0.2) is 40.1 Å². The number of aromatic hydroxyl groups is 1. The maximum Gasteiger partial charge on any atom is 0.301 e. The van der Waals surface area contributed by atoms with Gasteiger partial charge in [-0.2, -0.15) is 0 Å². The zero-order chi connectivity index (χ0) is 21.5. The third-order valence-electron chi connectivity index (χ3n) is 5.09. The standard InChI is InChI=1S/C22H16N2O6S/c25-14-4-1-12(2-5-14)18-17(20(27)21(28)24(18)22-23-7-10-31-22)19(26)13-3-6-15-16(11-13)30-9-8-29-15/h1-7,10-11,18,25-26H,8-9H2. The summed E-state index contributed by atoms with van der Waals surface area (Å²) in [7, 11) is 0. The van der Waals surface area contributed by atoms with Crippen LogP contribution in [0.25, 0.3) is 5.76 Å². The van der Waals surface area contributed by atoms with Crippen LogP contribution in [0.5, 0.6) is 17.2 Å². The number of nitrogens with zero attached hydrogens (tertiary/aromatic N) is 2. The Hall–Kier alpha value is -3.85. The molecular weight excluding hydrogens is 420 g/mol. The van der Waals surface area contributed by atoms with Crippen LogP contribution in [0.4, 0.5) is 5.13 Å². The first kappa shape index (κ1) is 19.1. The number of ether oxygens (including phenoxy) is 2. The van der Waals surface area contributed by atoms with Crippen molar-refractivity contribution in [2.45, 2.75) is 6.04 Å². The van der Waals surface area contributed by atoms with Crippen molar-refractivity contribution < 1.29 is 29.3 Å². The fourth-order valence-electron chi connectivity index (χ4n) is 3.68. The molecule has 3 aromatic rings. The molecule has 2 aliphatic heterocycles. The molecule has 0 spiro atoms. The molecule has 31 heavy (non-hydrogen) atoms. The summed E-state index contributed by atoms with van der Waals surface area (Å²) in [6.45, 7) is 0.803. The molecule has 5 rings (SSSR count). The third-order valence-corrected chi connectivity index (χ3v) is 5.86. The molecule has 1 fully saturated rings. The van der Waals surface area contributed by atoms with Crippen molar-refractivity contribution in [3.63, 3.8) is 0 Å². The summed E-state index contributed by atoms with van der Waals surface area (Å²) >= 11 is 1.21. The Labute approximate surface area is 180 Å². The number of phenolic OH excluding ortho intramolecular Hbond substituents is 1. The molecule has 9 heteroatoms. The molecule has 156 valence electrons. The van der Waals surface area contributed by atoms with E-state index in [0.29, 0.717) is 41.0 Å². The normalized spacial score (nSPS) is 19.6. The van der Waals surface area contributed by atoms with Crippen molar-refractivity contribution >= 4 is 33.9 Å². The average molecular weight is 436 g/mol. The predicted molar refractivity (Wildman–Crippen MR) is 112 cm³/mol. The van der Waals surface area contributed by atoms with Gasteiger partial charge >= 0.3 is 5.91 Å². The first-order chi connectivity index (χ1) is 15.0. The predicted octanol–water partition coefficient (Wildman–Crippen LogP) is 3.25. The summed E-state index contributed by atoms with van der Waals surface area (Å²) in [5, 5.41) is 22.8. The van der Waals surface area contributed by atoms with Gasteiger partial charge in [0.2, 0.25) is 0 Å². The molecule has 1 amide bonds. The lowest BCUT2D eigenvalue weighted by molar-refractivity contribution is -0.132. The highest BCUT2D eigenvalue weighted by atomic mass is 32.1. The zero-order valence-corrected chi connectivity index (χ0v) is 16.8. The number of benzene rings is 2. The second-order valence-corrected chi connectivity index (χ2v) is 7.81. The van der Waals surface area contributed by atoms with E-state index in [4.69, 9.17) is 9.47 Å². The maximum atomic E-state index is 13.0. The quantitative estimate of drug-likeness (QED) is 0.368. The lowest BCUT2D eigenvalue weighted by Crippen LogP contribution is -2.29. The Kier molecular flexibility index (Phi) is 4.59. The van der Waals surface area contributed by atoms with E-state index in [9.17, 15) is 19.8 Å². The van der Waals surface area contributed by atoms with E-state index in [-0.39, 0.29) is 17.1 Å². The molecule has 3 heterocycles. The molecule has 1 aromatic heterocycles. The highest BCUT2D eigenvalue weighted by Gasteiger charge is 2.48. The number of carbonyl (C=O) groups excluding carboxylic acids is 2. The number of hydrogen-bond donors (Lipinski definition) is 2. The van der Waals surface area contributed by atoms with Gasteiger partial charge in [-0.25, -0.2) is 4.98 Å². The molecule has 1 unspecified atom stereocenters. The SMILES string of the molecule is O=C1C(=O)N(c2nccs2)C(c2ccc(O)cc2)C1=C(O)c1ccc2c(c1)OCCO2. The smallest absolute Gasteiger partial charge is 0.301 e. The Morgan fingerprint density at radius 1 is 1.06 bits per heavy atom. The fourth-order valence-corrected chi connectivity index (χ4v) is 4.35. The summed E-state index contributed by atoms with van der Waals surface area (Å²) in [4.78, 5) is 31.4. The molecule has 0 aliphatic carbocycles. The number of aliphatic hydroxyl groups excluding tert-OH is 1. The van der Waals surface area contributed by atoms with Gasteiger partial charge in [-0.3, -0.25) is 14.5 Å². The summed E-state index contributed by atoms with van der Waals surface area (Å²) in [6, 6.07) is 10.0. The summed E-state index contributed by atoms with van der Waals surface area (Å²) in [5.74, 6) is -0.895. The molecule has 2 N–H and O–H groups in total. The van der Waals surface area contributed by atoms with Crippen molar-refractivity contribution in [2.24, 2.45) is 0 Å². The largest absolute Gasteiger partial charge is 0.508 e. The second kappa shape index (κ2) is 7.44. The van der Waals surface area contributed by atoms with E-state index in [1.54, 1.807) is 35.7 Å². The minimum atomic E-state index is -0.903. The van der Waals surface area contributed by atoms with Crippen LogP contribution >= 0.6 is 11.3 Å². The van der Waals surface area contributed by atoms with Gasteiger partial charge in [-0.15, -0.1) is 11.3 Å². The van der Waals surface area contributed by atoms with E-state index < -0.39 is 17.7 Å². The number of ketones is 1. The Morgan fingerprint density at radius 3 is 2.52 bits per heavy atom. The highest BCUT2D eigenvalue weighted by Crippen LogP contribution is 2.43. The van der Waals surface area contributed by atoms with Crippen LogP contribution in [0.2, 0.25) is 0 Å². The van der Waals surface area contributed by atoms with E-state index in [1.807, 2.05) is 0 Å². The lowest BCUT2D eigenvalue weighted by atomic mass is 9.95. The number of thiazole rings is 1. The second-order valence-electron chi connectivity index (χ2n) is 6.93. The number of hydrogen-bond acceptors (Lipinski definition) is 8.